The summed E-state index contributed by atoms with van der Waals surface area (Å²) in [7, 11) is 0.185. The third kappa shape index (κ3) is 1.97. The zero-order valence-corrected chi connectivity index (χ0v) is 11.5. The van der Waals surface area contributed by atoms with Crippen LogP contribution in [0.4, 0.5) is 4.79 Å². The van der Waals surface area contributed by atoms with Crippen molar-refractivity contribution in [3.63, 3.8) is 0 Å². The molecule has 76 valence electrons. The van der Waals surface area contributed by atoms with Crippen LogP contribution in [0.5, 0.6) is 0 Å². The zero-order chi connectivity index (χ0) is 10.4. The van der Waals surface area contributed by atoms with E-state index in [1.54, 1.807) is 14.1 Å². The second-order valence-electron chi connectivity index (χ2n) is 2.36. The summed E-state index contributed by atoms with van der Waals surface area (Å²) in [5, 5.41) is 0. The van der Waals surface area contributed by atoms with Gasteiger partial charge in [-0.1, -0.05) is 45.7 Å². The van der Waals surface area contributed by atoms with Crippen molar-refractivity contribution in [3.8, 4) is 0 Å². The van der Waals surface area contributed by atoms with Gasteiger partial charge in [0.1, 0.15) is 14.9 Å². The summed E-state index contributed by atoms with van der Waals surface area (Å²) in [5.41, 5.74) is 0. The molecule has 2 unspecified atom stereocenters. The van der Waals surface area contributed by atoms with E-state index >= 15 is 0 Å². The minimum atomic E-state index is -1.46. The molecule has 0 radical (unpaired) electrons. The van der Waals surface area contributed by atoms with Crippen LogP contribution >= 0.6 is 60.5 Å². The lowest BCUT2D eigenvalue weighted by atomic mass is 10.9. The van der Waals surface area contributed by atoms with Crippen LogP contribution in [0.1, 0.15) is 0 Å². The first-order valence-electron chi connectivity index (χ1n) is 3.11. The molecule has 0 aliphatic carbocycles. The molecular formula is C4H6Cl4N2OP2. The Morgan fingerprint density at radius 1 is 1.15 bits per heavy atom. The smallest absolute Gasteiger partial charge is 0.290 e. The Morgan fingerprint density at radius 2 is 1.46 bits per heavy atom. The maximum Gasteiger partial charge on any atom is 0.327 e. The van der Waals surface area contributed by atoms with E-state index < -0.39 is 18.7 Å². The van der Waals surface area contributed by atoms with Gasteiger partial charge in [0.05, 0.1) is 0 Å². The van der Waals surface area contributed by atoms with Gasteiger partial charge in [-0.3, -0.25) is 9.34 Å². The summed E-state index contributed by atoms with van der Waals surface area (Å²) < 4.78 is 1.39. The summed E-state index contributed by atoms with van der Waals surface area (Å²) >= 11 is 23.8. The molecule has 9 heteroatoms. The van der Waals surface area contributed by atoms with Crippen LogP contribution in [-0.4, -0.2) is 33.3 Å². The molecule has 3 nitrogen and oxygen atoms in total. The fourth-order valence-electron chi connectivity index (χ4n) is 0.789. The van der Waals surface area contributed by atoms with Gasteiger partial charge in [-0.25, -0.2) is 4.79 Å². The summed E-state index contributed by atoms with van der Waals surface area (Å²) in [5.74, 6) is 0. The van der Waals surface area contributed by atoms with Gasteiger partial charge < -0.3 is 0 Å². The van der Waals surface area contributed by atoms with Gasteiger partial charge in [0, 0.05) is 14.1 Å². The fourth-order valence-corrected chi connectivity index (χ4v) is 6.89. The van der Waals surface area contributed by atoms with Gasteiger partial charge in [-0.15, -0.1) is 0 Å². The topological polar surface area (TPSA) is 23.6 Å². The Hall–Kier alpha value is 1.29. The van der Waals surface area contributed by atoms with Crippen LogP contribution in [0.2, 0.25) is 0 Å². The Kier molecular flexibility index (Phi) is 3.84. The number of urea groups is 1. The highest BCUT2D eigenvalue weighted by Gasteiger charge is 2.53. The molecule has 13 heavy (non-hydrogen) atoms. The van der Waals surface area contributed by atoms with E-state index in [1.165, 1.54) is 9.34 Å². The van der Waals surface area contributed by atoms with Gasteiger partial charge in [-0.05, 0) is 0 Å². The van der Waals surface area contributed by atoms with Crippen molar-refractivity contribution in [1.29, 1.82) is 0 Å². The third-order valence-corrected chi connectivity index (χ3v) is 11.5. The number of nitrogens with zero attached hydrogens (tertiary/aromatic N) is 2. The van der Waals surface area contributed by atoms with E-state index in [0.717, 1.165) is 0 Å². The van der Waals surface area contributed by atoms with Crippen molar-refractivity contribution in [3.05, 3.63) is 0 Å². The molecule has 2 atom stereocenters. The number of amides is 2. The van der Waals surface area contributed by atoms with E-state index in [9.17, 15) is 4.79 Å². The minimum Gasteiger partial charge on any atom is -0.290 e. The summed E-state index contributed by atoms with van der Waals surface area (Å²) in [4.78, 5) is 11.4. The number of carbonyl (C=O) groups is 1. The minimum absolute atomic E-state index is 0.251. The molecule has 1 saturated heterocycles. The maximum absolute atomic E-state index is 11.4. The molecule has 0 aromatic carbocycles. The fraction of sp³-hybridized carbons (Fsp3) is 0.750. The number of halogens is 4. The quantitative estimate of drug-likeness (QED) is 0.486. The molecule has 1 rings (SSSR count). The average Bonchev–Trinajstić information content (AvgIpc) is 2.09. The Morgan fingerprint density at radius 3 is 1.77 bits per heavy atom. The van der Waals surface area contributed by atoms with Crippen molar-refractivity contribution in [2.24, 2.45) is 0 Å². The Labute approximate surface area is 98.4 Å². The molecule has 2 amide bonds. The Bertz CT molecular complexity index is 220. The van der Waals surface area contributed by atoms with E-state index in [0.29, 0.717) is 0 Å². The summed E-state index contributed by atoms with van der Waals surface area (Å²) in [6, 6.07) is -0.251. The molecule has 0 bridgehead atoms. The molecule has 0 aromatic heterocycles. The molecule has 1 fully saturated rings. The van der Waals surface area contributed by atoms with E-state index in [-0.39, 0.29) is 6.03 Å². The first-order chi connectivity index (χ1) is 5.80. The maximum atomic E-state index is 11.4. The van der Waals surface area contributed by atoms with Crippen LogP contribution < -0.4 is 0 Å². The zero-order valence-electron chi connectivity index (χ0n) is 6.71. The molecule has 1 aliphatic heterocycles. The molecule has 0 N–H and O–H groups in total. The van der Waals surface area contributed by atoms with E-state index in [2.05, 4.69) is 0 Å². The van der Waals surface area contributed by atoms with E-state index in [1.807, 2.05) is 0 Å². The molecule has 1 aliphatic rings. The van der Waals surface area contributed by atoms with Gasteiger partial charge in [0.25, 0.3) is 0 Å². The van der Waals surface area contributed by atoms with Gasteiger partial charge in [0.15, 0.2) is 0 Å². The van der Waals surface area contributed by atoms with Crippen LogP contribution in [0.3, 0.4) is 0 Å². The second kappa shape index (κ2) is 4.04. The summed E-state index contributed by atoms with van der Waals surface area (Å²) in [6.45, 7) is 0. The number of hydrogen-bond acceptors (Lipinski definition) is 1. The van der Waals surface area contributed by atoms with Crippen LogP contribution in [0.15, 0.2) is 0 Å². The number of hydrogen-bond donors (Lipinski definition) is 0. The lowest BCUT2D eigenvalue weighted by Crippen LogP contribution is -2.40. The highest BCUT2D eigenvalue weighted by atomic mass is 35.7. The van der Waals surface area contributed by atoms with Crippen LogP contribution in [0, 0.1) is 0 Å². The third-order valence-electron chi connectivity index (χ3n) is 1.52. The SMILES string of the molecule is CN1C(=O)N(C)P(Cl)C(Cl)(Cl)P1Cl. The number of rotatable bonds is 0. The van der Waals surface area contributed by atoms with Crippen molar-refractivity contribution in [1.82, 2.24) is 9.34 Å². The predicted molar refractivity (Wildman–Crippen MR) is 60.9 cm³/mol. The normalized spacial score (nSPS) is 33.8. The second-order valence-corrected chi connectivity index (χ2v) is 10.6. The van der Waals surface area contributed by atoms with Gasteiger partial charge >= 0.3 is 6.03 Å². The van der Waals surface area contributed by atoms with Crippen molar-refractivity contribution < 1.29 is 4.79 Å². The number of alkyl halides is 2. The van der Waals surface area contributed by atoms with Gasteiger partial charge in [0.2, 0.25) is 3.82 Å². The molecule has 0 spiro atoms. The molecule has 1 heterocycles. The molecular weight excluding hydrogens is 296 g/mol. The Balaban J connectivity index is 3.00. The van der Waals surface area contributed by atoms with Crippen molar-refractivity contribution in [2.75, 3.05) is 14.1 Å². The standard InChI is InChI=1S/C4H6Cl4N2OP2/c1-9-3(11)10(2)13(8)4(5,6)12(9)7/h1-2H3. The van der Waals surface area contributed by atoms with Crippen LogP contribution in [-0.2, 0) is 0 Å². The highest BCUT2D eigenvalue weighted by Crippen LogP contribution is 2.80. The van der Waals surface area contributed by atoms with Crippen LogP contribution in [0.25, 0.3) is 0 Å². The largest absolute Gasteiger partial charge is 0.327 e. The lowest BCUT2D eigenvalue weighted by Gasteiger charge is -2.44. The summed E-state index contributed by atoms with van der Waals surface area (Å²) in [6.07, 6.45) is 0. The average molecular weight is 302 g/mol. The number of carbonyl (C=O) groups excluding carboxylic acids is 1. The monoisotopic (exact) mass is 300 g/mol. The molecule has 0 aromatic rings. The van der Waals surface area contributed by atoms with Crippen molar-refractivity contribution >= 4 is 66.6 Å². The van der Waals surface area contributed by atoms with Gasteiger partial charge in [-0.2, -0.15) is 0 Å². The first kappa shape index (κ1) is 12.4. The lowest BCUT2D eigenvalue weighted by molar-refractivity contribution is 0.216. The predicted octanol–water partition coefficient (Wildman–Crippen LogP) is 4.17. The first-order valence-corrected chi connectivity index (χ1v) is 8.26. The molecule has 0 saturated carbocycles. The van der Waals surface area contributed by atoms with Crippen molar-refractivity contribution in [2.45, 2.75) is 3.82 Å². The highest BCUT2D eigenvalue weighted by molar-refractivity contribution is 8.03. The van der Waals surface area contributed by atoms with E-state index in [4.69, 9.17) is 45.7 Å².